The van der Waals surface area contributed by atoms with Crippen molar-refractivity contribution in [3.63, 3.8) is 0 Å². The van der Waals surface area contributed by atoms with E-state index in [1.807, 2.05) is 12.1 Å². The lowest BCUT2D eigenvalue weighted by Crippen LogP contribution is -2.18. The summed E-state index contributed by atoms with van der Waals surface area (Å²) < 4.78 is 55.1. The number of halogens is 4. The van der Waals surface area contributed by atoms with Gasteiger partial charge in [-0.1, -0.05) is 69.7 Å². The highest BCUT2D eigenvalue weighted by Crippen LogP contribution is 2.35. The van der Waals surface area contributed by atoms with Gasteiger partial charge in [-0.05, 0) is 41.7 Å². The zero-order valence-corrected chi connectivity index (χ0v) is 15.6. The van der Waals surface area contributed by atoms with Crippen molar-refractivity contribution in [3.8, 4) is 5.75 Å². The summed E-state index contributed by atoms with van der Waals surface area (Å²) in [5.74, 6) is -0.117. The molecule has 0 radical (unpaired) electrons. The second-order valence-electron chi connectivity index (χ2n) is 7.70. The van der Waals surface area contributed by atoms with Crippen LogP contribution in [0.1, 0.15) is 57.4 Å². The van der Waals surface area contributed by atoms with Crippen molar-refractivity contribution < 1.29 is 22.3 Å². The molecule has 1 aliphatic carbocycles. The van der Waals surface area contributed by atoms with Crippen LogP contribution in [-0.4, -0.2) is 6.36 Å². The monoisotopic (exact) mass is 382 g/mol. The third-order valence-corrected chi connectivity index (χ3v) is 5.71. The highest BCUT2D eigenvalue weighted by atomic mass is 19.4. The number of alkyl halides is 3. The Kier molecular flexibility index (Phi) is 6.28. The Morgan fingerprint density at radius 3 is 2.26 bits per heavy atom. The quantitative estimate of drug-likeness (QED) is 0.472. The first kappa shape index (κ1) is 20.0. The van der Waals surface area contributed by atoms with E-state index in [4.69, 9.17) is 0 Å². The number of hydrogen-bond donors (Lipinski definition) is 0. The lowest BCUT2D eigenvalue weighted by molar-refractivity contribution is -0.275. The Hall–Kier alpha value is -1.78. The van der Waals surface area contributed by atoms with E-state index in [9.17, 15) is 17.6 Å². The second-order valence-corrected chi connectivity index (χ2v) is 7.70. The smallest absolute Gasteiger partial charge is 0.403 e. The zero-order chi connectivity index (χ0) is 19.4. The minimum absolute atomic E-state index is 0.153. The SMILES string of the molecule is CCCC1CCC(CCc2ccc3c(F)c(OC(F)(F)F)ccc3c2)CC1. The Morgan fingerprint density at radius 2 is 1.63 bits per heavy atom. The van der Waals surface area contributed by atoms with Crippen LogP contribution in [0.25, 0.3) is 10.8 Å². The van der Waals surface area contributed by atoms with Gasteiger partial charge in [-0.15, -0.1) is 13.2 Å². The molecule has 0 unspecified atom stereocenters. The molecule has 2 aromatic carbocycles. The maximum Gasteiger partial charge on any atom is 0.573 e. The third kappa shape index (κ3) is 5.36. The van der Waals surface area contributed by atoms with Crippen molar-refractivity contribution in [3.05, 3.63) is 41.7 Å². The van der Waals surface area contributed by atoms with Gasteiger partial charge >= 0.3 is 6.36 Å². The zero-order valence-electron chi connectivity index (χ0n) is 15.6. The first-order chi connectivity index (χ1) is 12.9. The Balaban J connectivity index is 1.63. The molecule has 1 aliphatic rings. The van der Waals surface area contributed by atoms with Gasteiger partial charge in [0.2, 0.25) is 0 Å². The second kappa shape index (κ2) is 8.49. The lowest BCUT2D eigenvalue weighted by Gasteiger charge is -2.28. The number of rotatable bonds is 6. The van der Waals surface area contributed by atoms with E-state index in [1.54, 1.807) is 6.07 Å². The fourth-order valence-electron chi connectivity index (χ4n) is 4.27. The van der Waals surface area contributed by atoms with Crippen molar-refractivity contribution >= 4 is 10.8 Å². The molecule has 3 rings (SSSR count). The average molecular weight is 382 g/mol. The first-order valence-electron chi connectivity index (χ1n) is 9.82. The van der Waals surface area contributed by atoms with E-state index in [0.29, 0.717) is 5.39 Å². The van der Waals surface area contributed by atoms with Crippen molar-refractivity contribution in [1.29, 1.82) is 0 Å². The number of benzene rings is 2. The van der Waals surface area contributed by atoms with Crippen LogP contribution >= 0.6 is 0 Å². The van der Waals surface area contributed by atoms with Gasteiger partial charge in [0.15, 0.2) is 11.6 Å². The molecule has 0 aromatic heterocycles. The van der Waals surface area contributed by atoms with Crippen LogP contribution in [0.4, 0.5) is 17.6 Å². The van der Waals surface area contributed by atoms with E-state index in [0.717, 1.165) is 36.3 Å². The fourth-order valence-corrected chi connectivity index (χ4v) is 4.27. The van der Waals surface area contributed by atoms with Gasteiger partial charge in [0.1, 0.15) is 0 Å². The molecule has 0 amide bonds. The van der Waals surface area contributed by atoms with Crippen LogP contribution < -0.4 is 4.74 Å². The molecule has 1 fully saturated rings. The summed E-state index contributed by atoms with van der Waals surface area (Å²) in [6, 6.07) is 7.77. The largest absolute Gasteiger partial charge is 0.573 e. The van der Waals surface area contributed by atoms with Gasteiger partial charge in [0.05, 0.1) is 0 Å². The lowest BCUT2D eigenvalue weighted by atomic mass is 9.78. The molecule has 0 N–H and O–H groups in total. The standard InChI is InChI=1S/C22H26F4O/c1-2-3-15-4-6-16(7-5-15)8-9-17-10-12-19-18(14-17)11-13-20(21(19)23)27-22(24,25)26/h10-16H,2-9H2,1H3. The Morgan fingerprint density at radius 1 is 0.963 bits per heavy atom. The van der Waals surface area contributed by atoms with Crippen LogP contribution in [0.3, 0.4) is 0 Å². The molecule has 0 bridgehead atoms. The topological polar surface area (TPSA) is 9.23 Å². The maximum absolute atomic E-state index is 14.3. The minimum atomic E-state index is -4.90. The van der Waals surface area contributed by atoms with Crippen LogP contribution in [0.5, 0.6) is 5.75 Å². The molecule has 0 spiro atoms. The van der Waals surface area contributed by atoms with E-state index >= 15 is 0 Å². The summed E-state index contributed by atoms with van der Waals surface area (Å²) in [7, 11) is 0. The molecule has 5 heteroatoms. The highest BCUT2D eigenvalue weighted by Gasteiger charge is 2.32. The van der Waals surface area contributed by atoms with Gasteiger partial charge in [0, 0.05) is 5.39 Å². The van der Waals surface area contributed by atoms with E-state index in [2.05, 4.69) is 11.7 Å². The van der Waals surface area contributed by atoms with E-state index in [-0.39, 0.29) is 5.39 Å². The molecule has 1 nitrogen and oxygen atoms in total. The number of fused-ring (bicyclic) bond motifs is 1. The van der Waals surface area contributed by atoms with Crippen molar-refractivity contribution in [2.45, 2.75) is 64.7 Å². The van der Waals surface area contributed by atoms with Crippen LogP contribution in [0.2, 0.25) is 0 Å². The molecule has 0 atom stereocenters. The molecule has 1 saturated carbocycles. The predicted octanol–water partition coefficient (Wildman–Crippen LogP) is 7.42. The molecule has 0 aliphatic heterocycles. The summed E-state index contributed by atoms with van der Waals surface area (Å²) in [5, 5.41) is 0.756. The summed E-state index contributed by atoms with van der Waals surface area (Å²) in [4.78, 5) is 0. The van der Waals surface area contributed by atoms with Gasteiger partial charge in [0.25, 0.3) is 0 Å². The van der Waals surface area contributed by atoms with Crippen LogP contribution in [-0.2, 0) is 6.42 Å². The molecular weight excluding hydrogens is 356 g/mol. The van der Waals surface area contributed by atoms with Gasteiger partial charge < -0.3 is 4.74 Å². The van der Waals surface area contributed by atoms with E-state index in [1.165, 1.54) is 44.6 Å². The summed E-state index contributed by atoms with van der Waals surface area (Å²) in [6.07, 6.45) is 4.94. The normalized spacial score (nSPS) is 20.8. The third-order valence-electron chi connectivity index (χ3n) is 5.71. The maximum atomic E-state index is 14.3. The van der Waals surface area contributed by atoms with Crippen molar-refractivity contribution in [2.24, 2.45) is 11.8 Å². The molecule has 148 valence electrons. The molecule has 2 aromatic rings. The van der Waals surface area contributed by atoms with Gasteiger partial charge in [-0.3, -0.25) is 0 Å². The van der Waals surface area contributed by atoms with Gasteiger partial charge in [-0.25, -0.2) is 4.39 Å². The minimum Gasteiger partial charge on any atom is -0.403 e. The number of hydrogen-bond acceptors (Lipinski definition) is 1. The molecule has 27 heavy (non-hydrogen) atoms. The van der Waals surface area contributed by atoms with E-state index < -0.39 is 17.9 Å². The molecular formula is C22H26F4O. The Labute approximate surface area is 157 Å². The fraction of sp³-hybridized carbons (Fsp3) is 0.545. The Bertz CT molecular complexity index is 761. The van der Waals surface area contributed by atoms with Crippen LogP contribution in [0.15, 0.2) is 30.3 Å². The van der Waals surface area contributed by atoms with Crippen molar-refractivity contribution in [2.75, 3.05) is 0 Å². The van der Waals surface area contributed by atoms with Gasteiger partial charge in [-0.2, -0.15) is 0 Å². The summed E-state index contributed by atoms with van der Waals surface area (Å²) >= 11 is 0. The summed E-state index contributed by atoms with van der Waals surface area (Å²) in [6.45, 7) is 2.24. The van der Waals surface area contributed by atoms with Crippen LogP contribution in [0, 0.1) is 17.7 Å². The first-order valence-corrected chi connectivity index (χ1v) is 9.82. The summed E-state index contributed by atoms with van der Waals surface area (Å²) in [5.41, 5.74) is 1.10. The average Bonchev–Trinajstić information content (AvgIpc) is 2.63. The van der Waals surface area contributed by atoms with Crippen molar-refractivity contribution in [1.82, 2.24) is 0 Å². The number of aryl methyl sites for hydroxylation is 1. The predicted molar refractivity (Wildman–Crippen MR) is 99.3 cm³/mol. The molecule has 0 saturated heterocycles. The number of ether oxygens (including phenoxy) is 1. The molecule has 0 heterocycles. The highest BCUT2D eigenvalue weighted by molar-refractivity contribution is 5.85.